The summed E-state index contributed by atoms with van der Waals surface area (Å²) in [5.41, 5.74) is 6.61. The molecule has 5 nitrogen and oxygen atoms in total. The van der Waals surface area contributed by atoms with Crippen LogP contribution in [0.3, 0.4) is 0 Å². The van der Waals surface area contributed by atoms with E-state index < -0.39 is 0 Å². The lowest BCUT2D eigenvalue weighted by Crippen LogP contribution is -2.08. The third-order valence-electron chi connectivity index (χ3n) is 2.65. The first-order chi connectivity index (χ1) is 9.31. The van der Waals surface area contributed by atoms with E-state index in [1.165, 1.54) is 17.1 Å². The molecule has 2 rings (SSSR count). The molecular weight excluding hydrogens is 260 g/mol. The second-order valence-corrected chi connectivity index (χ2v) is 4.86. The van der Waals surface area contributed by atoms with Gasteiger partial charge in [0.25, 0.3) is 0 Å². The lowest BCUT2D eigenvalue weighted by molar-refractivity contribution is 0.414. The van der Waals surface area contributed by atoms with Crippen LogP contribution in [0, 0.1) is 0 Å². The van der Waals surface area contributed by atoms with Gasteiger partial charge in [-0.25, -0.2) is 4.98 Å². The van der Waals surface area contributed by atoms with Crippen molar-refractivity contribution in [2.24, 2.45) is 5.73 Å². The van der Waals surface area contributed by atoms with Crippen molar-refractivity contribution < 1.29 is 4.74 Å². The van der Waals surface area contributed by atoms with Crippen LogP contribution in [0.2, 0.25) is 0 Å². The molecule has 0 radical (unpaired) electrons. The normalized spacial score (nSPS) is 10.4. The first-order valence-corrected chi connectivity index (χ1v) is 6.98. The van der Waals surface area contributed by atoms with Gasteiger partial charge in [-0.2, -0.15) is 4.37 Å². The van der Waals surface area contributed by atoms with E-state index in [1.54, 1.807) is 7.11 Å². The van der Waals surface area contributed by atoms with Gasteiger partial charge < -0.3 is 15.8 Å². The van der Waals surface area contributed by atoms with Gasteiger partial charge >= 0.3 is 0 Å². The molecule has 0 saturated heterocycles. The van der Waals surface area contributed by atoms with Crippen LogP contribution in [0.5, 0.6) is 5.75 Å². The molecule has 3 N–H and O–H groups in total. The Morgan fingerprint density at radius 3 is 2.79 bits per heavy atom. The highest BCUT2D eigenvalue weighted by Crippen LogP contribution is 2.16. The summed E-state index contributed by atoms with van der Waals surface area (Å²) in [7, 11) is 1.66. The minimum Gasteiger partial charge on any atom is -0.497 e. The summed E-state index contributed by atoms with van der Waals surface area (Å²) in [6.45, 7) is 1.53. The number of benzene rings is 1. The number of nitrogens with two attached hydrogens (primary N) is 1. The molecule has 0 bridgehead atoms. The predicted octanol–water partition coefficient (Wildman–Crippen LogP) is 1.90. The molecule has 0 unspecified atom stereocenters. The first-order valence-electron chi connectivity index (χ1n) is 6.21. The van der Waals surface area contributed by atoms with Gasteiger partial charge in [0.05, 0.1) is 7.11 Å². The van der Waals surface area contributed by atoms with Gasteiger partial charge in [-0.3, -0.25) is 0 Å². The van der Waals surface area contributed by atoms with E-state index in [0.29, 0.717) is 6.54 Å². The van der Waals surface area contributed by atoms with Crippen molar-refractivity contribution in [3.8, 4) is 5.75 Å². The molecule has 0 fully saturated rings. The minimum atomic E-state index is 0.685. The summed E-state index contributed by atoms with van der Waals surface area (Å²) < 4.78 is 9.47. The third kappa shape index (κ3) is 4.18. The standard InChI is InChI=1S/C13H18N4OS/c1-18-11-5-3-10(4-6-11)9-12-16-13(19-17-12)15-8-2-7-14/h3-6H,2,7-9,14H2,1H3,(H,15,16,17). The fourth-order valence-corrected chi connectivity index (χ4v) is 2.23. The average molecular weight is 278 g/mol. The van der Waals surface area contributed by atoms with Gasteiger partial charge in [0.1, 0.15) is 11.6 Å². The quantitative estimate of drug-likeness (QED) is 0.757. The molecule has 0 spiro atoms. The van der Waals surface area contributed by atoms with Gasteiger partial charge in [-0.15, -0.1) is 0 Å². The molecule has 2 aromatic rings. The summed E-state index contributed by atoms with van der Waals surface area (Å²) in [6.07, 6.45) is 1.67. The number of methoxy groups -OCH3 is 1. The van der Waals surface area contributed by atoms with Gasteiger partial charge in [0.2, 0.25) is 5.13 Å². The Balaban J connectivity index is 1.91. The maximum atomic E-state index is 5.44. The lowest BCUT2D eigenvalue weighted by atomic mass is 10.1. The Bertz CT molecular complexity index is 498. The van der Waals surface area contributed by atoms with Crippen LogP contribution in [-0.2, 0) is 6.42 Å². The Kier molecular flexibility index (Phi) is 5.11. The maximum absolute atomic E-state index is 5.44. The Morgan fingerprint density at radius 2 is 2.11 bits per heavy atom. The second-order valence-electron chi connectivity index (χ2n) is 4.11. The van der Waals surface area contributed by atoms with Gasteiger partial charge in [-0.1, -0.05) is 12.1 Å². The molecule has 1 heterocycles. The maximum Gasteiger partial charge on any atom is 0.202 e. The summed E-state index contributed by atoms with van der Waals surface area (Å²) in [6, 6.07) is 7.95. The third-order valence-corrected chi connectivity index (χ3v) is 3.36. The molecule has 0 aliphatic heterocycles. The predicted molar refractivity (Wildman–Crippen MR) is 77.9 cm³/mol. The summed E-state index contributed by atoms with van der Waals surface area (Å²) in [5, 5.41) is 4.07. The number of rotatable bonds is 7. The highest BCUT2D eigenvalue weighted by molar-refractivity contribution is 7.09. The summed E-state index contributed by atoms with van der Waals surface area (Å²) in [4.78, 5) is 4.44. The number of ether oxygens (including phenoxy) is 1. The zero-order chi connectivity index (χ0) is 13.5. The number of nitrogens with one attached hydrogen (secondary N) is 1. The van der Waals surface area contributed by atoms with Crippen LogP contribution >= 0.6 is 11.5 Å². The largest absolute Gasteiger partial charge is 0.497 e. The average Bonchev–Trinajstić information content (AvgIpc) is 2.88. The van der Waals surface area contributed by atoms with Crippen LogP contribution < -0.4 is 15.8 Å². The number of aromatic nitrogens is 2. The minimum absolute atomic E-state index is 0.685. The number of anilines is 1. The molecule has 1 aromatic carbocycles. The zero-order valence-corrected chi connectivity index (χ0v) is 11.7. The van der Waals surface area contributed by atoms with Crippen molar-refractivity contribution in [1.82, 2.24) is 9.36 Å². The Hall–Kier alpha value is -1.66. The fraction of sp³-hybridized carbons (Fsp3) is 0.385. The molecule has 0 atom stereocenters. The van der Waals surface area contributed by atoms with Crippen molar-refractivity contribution in [3.63, 3.8) is 0 Å². The Labute approximate surface area is 117 Å². The smallest absolute Gasteiger partial charge is 0.202 e. The molecule has 0 amide bonds. The second kappa shape index (κ2) is 7.06. The van der Waals surface area contributed by atoms with E-state index >= 15 is 0 Å². The fourth-order valence-electron chi connectivity index (χ4n) is 1.62. The van der Waals surface area contributed by atoms with Crippen LogP contribution in [-0.4, -0.2) is 29.6 Å². The van der Waals surface area contributed by atoms with Crippen molar-refractivity contribution in [3.05, 3.63) is 35.7 Å². The van der Waals surface area contributed by atoms with Crippen molar-refractivity contribution >= 4 is 16.7 Å². The van der Waals surface area contributed by atoms with E-state index in [2.05, 4.69) is 14.7 Å². The summed E-state index contributed by atoms with van der Waals surface area (Å²) in [5.74, 6) is 1.70. The molecule has 0 aliphatic rings. The van der Waals surface area contributed by atoms with Crippen LogP contribution in [0.1, 0.15) is 17.8 Å². The number of nitrogens with zero attached hydrogens (tertiary/aromatic N) is 2. The van der Waals surface area contributed by atoms with Crippen molar-refractivity contribution in [2.75, 3.05) is 25.5 Å². The lowest BCUT2D eigenvalue weighted by Gasteiger charge is -2.01. The van der Waals surface area contributed by atoms with E-state index in [1.807, 2.05) is 24.3 Å². The molecule has 102 valence electrons. The van der Waals surface area contributed by atoms with Crippen LogP contribution in [0.25, 0.3) is 0 Å². The van der Waals surface area contributed by atoms with E-state index in [0.717, 1.165) is 36.1 Å². The van der Waals surface area contributed by atoms with Gasteiger partial charge in [0, 0.05) is 24.5 Å². The number of hydrogen-bond acceptors (Lipinski definition) is 6. The SMILES string of the molecule is COc1ccc(Cc2nsc(NCCCN)n2)cc1. The number of hydrogen-bond donors (Lipinski definition) is 2. The Morgan fingerprint density at radius 1 is 1.32 bits per heavy atom. The molecular formula is C13H18N4OS. The van der Waals surface area contributed by atoms with Gasteiger partial charge in [0.15, 0.2) is 0 Å². The van der Waals surface area contributed by atoms with Crippen molar-refractivity contribution in [2.45, 2.75) is 12.8 Å². The van der Waals surface area contributed by atoms with E-state index in [-0.39, 0.29) is 0 Å². The highest BCUT2D eigenvalue weighted by atomic mass is 32.1. The van der Waals surface area contributed by atoms with Crippen LogP contribution in [0.4, 0.5) is 5.13 Å². The molecule has 0 aliphatic carbocycles. The van der Waals surface area contributed by atoms with E-state index in [4.69, 9.17) is 10.5 Å². The molecule has 6 heteroatoms. The monoisotopic (exact) mass is 278 g/mol. The van der Waals surface area contributed by atoms with Gasteiger partial charge in [-0.05, 0) is 30.7 Å². The topological polar surface area (TPSA) is 73.1 Å². The molecule has 0 saturated carbocycles. The van der Waals surface area contributed by atoms with Crippen molar-refractivity contribution in [1.29, 1.82) is 0 Å². The first kappa shape index (κ1) is 13.8. The van der Waals surface area contributed by atoms with Crippen LogP contribution in [0.15, 0.2) is 24.3 Å². The summed E-state index contributed by atoms with van der Waals surface area (Å²) >= 11 is 1.39. The highest BCUT2D eigenvalue weighted by Gasteiger charge is 2.04. The zero-order valence-electron chi connectivity index (χ0n) is 10.9. The molecule has 1 aromatic heterocycles. The molecule has 19 heavy (non-hydrogen) atoms. The van der Waals surface area contributed by atoms with E-state index in [9.17, 15) is 0 Å².